The number of thiazole rings is 1. The summed E-state index contributed by atoms with van der Waals surface area (Å²) in [6.07, 6.45) is 1.53. The predicted octanol–water partition coefficient (Wildman–Crippen LogP) is 3.93. The summed E-state index contributed by atoms with van der Waals surface area (Å²) in [5, 5.41) is 11.3. The van der Waals surface area contributed by atoms with Gasteiger partial charge in [0, 0.05) is 16.6 Å². The molecular weight excluding hydrogens is 421 g/mol. The van der Waals surface area contributed by atoms with E-state index in [2.05, 4.69) is 9.97 Å². The first-order valence-electron chi connectivity index (χ1n) is 9.33. The number of aryl methyl sites for hydroxylation is 2. The number of ether oxygens (including phenoxy) is 1. The van der Waals surface area contributed by atoms with Gasteiger partial charge in [-0.2, -0.15) is 0 Å². The van der Waals surface area contributed by atoms with Gasteiger partial charge in [-0.15, -0.1) is 11.3 Å². The SMILES string of the molecule is COc1ccc(/C(O)=C2\C(=O)C(=O)N(c3nc(C)c(C)s3)[C@H]2c2ccccn2)cc1F. The summed E-state index contributed by atoms with van der Waals surface area (Å²) >= 11 is 1.27. The van der Waals surface area contributed by atoms with Crippen molar-refractivity contribution < 1.29 is 23.8 Å². The van der Waals surface area contributed by atoms with E-state index in [1.807, 2.05) is 13.8 Å². The Hall–Kier alpha value is -3.59. The lowest BCUT2D eigenvalue weighted by Gasteiger charge is -2.22. The van der Waals surface area contributed by atoms with E-state index in [1.165, 1.54) is 41.7 Å². The molecule has 1 aromatic carbocycles. The van der Waals surface area contributed by atoms with Crippen LogP contribution in [0.5, 0.6) is 5.75 Å². The van der Waals surface area contributed by atoms with E-state index >= 15 is 0 Å². The molecule has 31 heavy (non-hydrogen) atoms. The van der Waals surface area contributed by atoms with Gasteiger partial charge in [-0.25, -0.2) is 9.37 Å². The average Bonchev–Trinajstić information content (AvgIpc) is 3.23. The molecule has 1 N–H and O–H groups in total. The summed E-state index contributed by atoms with van der Waals surface area (Å²) < 4.78 is 19.1. The van der Waals surface area contributed by atoms with E-state index in [-0.39, 0.29) is 16.9 Å². The number of methoxy groups -OCH3 is 1. The number of nitrogens with zero attached hydrogens (tertiary/aromatic N) is 3. The highest BCUT2D eigenvalue weighted by molar-refractivity contribution is 7.16. The lowest BCUT2D eigenvalue weighted by atomic mass is 9.98. The van der Waals surface area contributed by atoms with Crippen LogP contribution < -0.4 is 9.64 Å². The quantitative estimate of drug-likeness (QED) is 0.376. The number of aromatic nitrogens is 2. The zero-order chi connectivity index (χ0) is 22.3. The van der Waals surface area contributed by atoms with Crippen molar-refractivity contribution in [3.05, 3.63) is 75.8 Å². The molecule has 1 aliphatic rings. The van der Waals surface area contributed by atoms with Gasteiger partial charge >= 0.3 is 5.91 Å². The second-order valence-electron chi connectivity index (χ2n) is 6.91. The summed E-state index contributed by atoms with van der Waals surface area (Å²) in [5.41, 5.74) is 0.976. The number of aliphatic hydroxyl groups excluding tert-OH is 1. The number of benzene rings is 1. The van der Waals surface area contributed by atoms with Gasteiger partial charge in [0.05, 0.1) is 24.1 Å². The normalized spacial score (nSPS) is 17.9. The van der Waals surface area contributed by atoms with Crippen molar-refractivity contribution in [2.45, 2.75) is 19.9 Å². The summed E-state index contributed by atoms with van der Waals surface area (Å²) in [6, 6.07) is 7.87. The number of carbonyl (C=O) groups is 2. The van der Waals surface area contributed by atoms with Crippen LogP contribution in [-0.2, 0) is 9.59 Å². The minimum absolute atomic E-state index is 0.00740. The summed E-state index contributed by atoms with van der Waals surface area (Å²) in [7, 11) is 1.32. The van der Waals surface area contributed by atoms with Crippen LogP contribution in [-0.4, -0.2) is 33.9 Å². The largest absolute Gasteiger partial charge is 0.507 e. The second-order valence-corrected chi connectivity index (χ2v) is 8.09. The topological polar surface area (TPSA) is 92.6 Å². The summed E-state index contributed by atoms with van der Waals surface area (Å²) in [5.74, 6) is -2.94. The van der Waals surface area contributed by atoms with Crippen molar-refractivity contribution in [2.24, 2.45) is 0 Å². The predicted molar refractivity (Wildman–Crippen MR) is 114 cm³/mol. The van der Waals surface area contributed by atoms with E-state index in [9.17, 15) is 19.1 Å². The molecule has 9 heteroatoms. The Kier molecular flexibility index (Phi) is 5.28. The molecule has 3 heterocycles. The number of pyridine rings is 1. The molecule has 3 aromatic rings. The number of hydrogen-bond acceptors (Lipinski definition) is 7. The van der Waals surface area contributed by atoms with Crippen LogP contribution in [0.3, 0.4) is 0 Å². The minimum atomic E-state index is -1.00. The van der Waals surface area contributed by atoms with Gasteiger partial charge in [-0.3, -0.25) is 19.5 Å². The fourth-order valence-corrected chi connectivity index (χ4v) is 4.31. The Labute approximate surface area is 181 Å². The van der Waals surface area contributed by atoms with Crippen LogP contribution in [0.15, 0.2) is 48.2 Å². The minimum Gasteiger partial charge on any atom is -0.507 e. The number of ketones is 1. The van der Waals surface area contributed by atoms with E-state index < -0.39 is 29.3 Å². The first-order valence-corrected chi connectivity index (χ1v) is 10.1. The van der Waals surface area contributed by atoms with Gasteiger partial charge in [0.25, 0.3) is 5.78 Å². The highest BCUT2D eigenvalue weighted by atomic mass is 32.1. The first-order chi connectivity index (χ1) is 14.8. The number of amides is 1. The van der Waals surface area contributed by atoms with Gasteiger partial charge in [-0.1, -0.05) is 6.07 Å². The number of Topliss-reactive ketones (excluding diaryl/α,β-unsaturated/α-hetero) is 1. The van der Waals surface area contributed by atoms with Gasteiger partial charge in [-0.05, 0) is 44.2 Å². The van der Waals surface area contributed by atoms with Crippen LogP contribution >= 0.6 is 11.3 Å². The Morgan fingerprint density at radius 1 is 1.23 bits per heavy atom. The zero-order valence-electron chi connectivity index (χ0n) is 16.9. The molecule has 1 amide bonds. The maximum Gasteiger partial charge on any atom is 0.301 e. The Balaban J connectivity index is 1.93. The fraction of sp³-hybridized carbons (Fsp3) is 0.182. The lowest BCUT2D eigenvalue weighted by molar-refractivity contribution is -0.132. The van der Waals surface area contributed by atoms with Gasteiger partial charge in [0.15, 0.2) is 16.7 Å². The lowest BCUT2D eigenvalue weighted by Crippen LogP contribution is -2.29. The Morgan fingerprint density at radius 2 is 2.00 bits per heavy atom. The third-order valence-corrected chi connectivity index (χ3v) is 6.13. The van der Waals surface area contributed by atoms with Gasteiger partial charge in [0.1, 0.15) is 11.8 Å². The van der Waals surface area contributed by atoms with E-state index in [4.69, 9.17) is 4.74 Å². The zero-order valence-corrected chi connectivity index (χ0v) is 17.7. The highest BCUT2D eigenvalue weighted by Gasteiger charge is 2.48. The molecule has 1 saturated heterocycles. The first kappa shape index (κ1) is 20.7. The highest BCUT2D eigenvalue weighted by Crippen LogP contribution is 2.43. The van der Waals surface area contributed by atoms with Crippen molar-refractivity contribution >= 4 is 33.9 Å². The smallest absolute Gasteiger partial charge is 0.301 e. The summed E-state index contributed by atoms with van der Waals surface area (Å²) in [4.78, 5) is 36.9. The summed E-state index contributed by atoms with van der Waals surface area (Å²) in [6.45, 7) is 3.67. The van der Waals surface area contributed by atoms with Crippen LogP contribution in [0, 0.1) is 19.7 Å². The standard InChI is InChI=1S/C22H18FN3O4S/c1-11-12(2)31-22(25-11)26-18(15-6-4-5-9-24-15)17(20(28)21(26)29)19(27)13-7-8-16(30-3)14(23)10-13/h4-10,18,27H,1-3H3/b19-17+/t18-/m0/s1. The molecule has 2 aromatic heterocycles. The van der Waals surface area contributed by atoms with E-state index in [0.717, 1.165) is 16.6 Å². The van der Waals surface area contributed by atoms with Crippen LogP contribution in [0.4, 0.5) is 9.52 Å². The maximum atomic E-state index is 14.2. The third-order valence-electron chi connectivity index (χ3n) is 5.06. The Morgan fingerprint density at radius 3 is 2.58 bits per heavy atom. The van der Waals surface area contributed by atoms with Crippen LogP contribution in [0.1, 0.15) is 27.9 Å². The van der Waals surface area contributed by atoms with Gasteiger partial charge < -0.3 is 9.84 Å². The molecule has 0 unspecified atom stereocenters. The van der Waals surface area contributed by atoms with Crippen molar-refractivity contribution in [3.63, 3.8) is 0 Å². The Bertz CT molecular complexity index is 1200. The average molecular weight is 439 g/mol. The third kappa shape index (κ3) is 3.46. The number of hydrogen-bond donors (Lipinski definition) is 1. The van der Waals surface area contributed by atoms with Crippen molar-refractivity contribution in [2.75, 3.05) is 12.0 Å². The van der Waals surface area contributed by atoms with Crippen molar-refractivity contribution in [1.82, 2.24) is 9.97 Å². The molecule has 4 rings (SSSR count). The molecular formula is C22H18FN3O4S. The molecule has 0 radical (unpaired) electrons. The number of carbonyl (C=O) groups excluding carboxylic acids is 2. The molecule has 0 bridgehead atoms. The molecule has 0 saturated carbocycles. The molecule has 0 aliphatic carbocycles. The number of aliphatic hydroxyl groups is 1. The molecule has 1 aliphatic heterocycles. The molecule has 1 fully saturated rings. The molecule has 0 spiro atoms. The van der Waals surface area contributed by atoms with Crippen LogP contribution in [0.2, 0.25) is 0 Å². The molecule has 1 atom stereocenters. The van der Waals surface area contributed by atoms with Crippen molar-refractivity contribution in [3.8, 4) is 5.75 Å². The van der Waals surface area contributed by atoms with E-state index in [0.29, 0.717) is 10.8 Å². The monoisotopic (exact) mass is 439 g/mol. The molecule has 158 valence electrons. The van der Waals surface area contributed by atoms with E-state index in [1.54, 1.807) is 18.2 Å². The number of anilines is 1. The fourth-order valence-electron chi connectivity index (χ4n) is 3.38. The molecule has 7 nitrogen and oxygen atoms in total. The van der Waals surface area contributed by atoms with Crippen molar-refractivity contribution in [1.29, 1.82) is 0 Å². The maximum absolute atomic E-state index is 14.2. The van der Waals surface area contributed by atoms with Crippen LogP contribution in [0.25, 0.3) is 5.76 Å². The number of rotatable bonds is 4. The second kappa shape index (κ2) is 7.92. The number of halogens is 1. The van der Waals surface area contributed by atoms with Gasteiger partial charge in [0.2, 0.25) is 0 Å².